The number of morpholine rings is 1. The summed E-state index contributed by atoms with van der Waals surface area (Å²) in [6, 6.07) is 4.74. The Labute approximate surface area is 109 Å². The molecule has 0 bridgehead atoms. The van der Waals surface area contributed by atoms with Crippen LogP contribution in [0.25, 0.3) is 0 Å². The van der Waals surface area contributed by atoms with Gasteiger partial charge < -0.3 is 10.1 Å². The highest BCUT2D eigenvalue weighted by atomic mass is 16.5. The highest BCUT2D eigenvalue weighted by Gasteiger charge is 2.25. The van der Waals surface area contributed by atoms with Crippen molar-refractivity contribution in [1.29, 1.82) is 0 Å². The quantitative estimate of drug-likeness (QED) is 0.887. The molecule has 2 atom stereocenters. The van der Waals surface area contributed by atoms with Gasteiger partial charge in [-0.05, 0) is 31.0 Å². The number of anilines is 1. The summed E-state index contributed by atoms with van der Waals surface area (Å²) in [5.74, 6) is 0.932. The van der Waals surface area contributed by atoms with Gasteiger partial charge in [0.15, 0.2) is 0 Å². The van der Waals surface area contributed by atoms with Crippen LogP contribution in [0.2, 0.25) is 0 Å². The monoisotopic (exact) mass is 249 g/mol. The Morgan fingerprint density at radius 3 is 3.11 bits per heavy atom. The largest absolute Gasteiger partial charge is 0.376 e. The van der Waals surface area contributed by atoms with Gasteiger partial charge >= 0.3 is 0 Å². The van der Waals surface area contributed by atoms with E-state index in [-0.39, 0.29) is 0 Å². The van der Waals surface area contributed by atoms with E-state index in [2.05, 4.69) is 41.2 Å². The van der Waals surface area contributed by atoms with Crippen molar-refractivity contribution in [3.63, 3.8) is 0 Å². The maximum atomic E-state index is 5.73. The molecule has 0 aliphatic carbocycles. The highest BCUT2D eigenvalue weighted by Crippen LogP contribution is 2.18. The highest BCUT2D eigenvalue weighted by molar-refractivity contribution is 5.36. The second kappa shape index (κ2) is 6.16. The summed E-state index contributed by atoms with van der Waals surface area (Å²) in [6.07, 6.45) is 3.33. The maximum Gasteiger partial charge on any atom is 0.125 e. The normalized spacial score (nSPS) is 25.1. The van der Waals surface area contributed by atoms with Crippen LogP contribution in [0.15, 0.2) is 18.3 Å². The summed E-state index contributed by atoms with van der Waals surface area (Å²) < 4.78 is 5.73. The molecule has 1 aromatic heterocycles. The van der Waals surface area contributed by atoms with E-state index in [9.17, 15) is 0 Å². The minimum absolute atomic E-state index is 0.332. The number of aromatic nitrogens is 1. The molecule has 2 unspecified atom stereocenters. The predicted molar refractivity (Wildman–Crippen MR) is 73.7 cm³/mol. The fourth-order valence-corrected chi connectivity index (χ4v) is 2.43. The average molecular weight is 249 g/mol. The van der Waals surface area contributed by atoms with Crippen LogP contribution >= 0.6 is 0 Å². The van der Waals surface area contributed by atoms with E-state index in [0.717, 1.165) is 31.9 Å². The van der Waals surface area contributed by atoms with Crippen molar-refractivity contribution in [1.82, 2.24) is 9.88 Å². The van der Waals surface area contributed by atoms with Crippen LogP contribution in [0, 0.1) is 0 Å². The molecule has 0 aromatic carbocycles. The van der Waals surface area contributed by atoms with Crippen LogP contribution < -0.4 is 5.32 Å². The van der Waals surface area contributed by atoms with Gasteiger partial charge in [-0.2, -0.15) is 0 Å². The lowest BCUT2D eigenvalue weighted by molar-refractivity contribution is -0.0592. The summed E-state index contributed by atoms with van der Waals surface area (Å²) in [4.78, 5) is 6.77. The first-order chi connectivity index (χ1) is 8.72. The molecule has 0 amide bonds. The Balaban J connectivity index is 2.05. The van der Waals surface area contributed by atoms with Gasteiger partial charge in [0.1, 0.15) is 5.82 Å². The molecule has 4 heteroatoms. The molecule has 100 valence electrons. The Hall–Kier alpha value is -1.13. The second-order valence-electron chi connectivity index (χ2n) is 4.93. The Morgan fingerprint density at radius 1 is 1.56 bits per heavy atom. The first-order valence-corrected chi connectivity index (χ1v) is 6.71. The van der Waals surface area contributed by atoms with Crippen LogP contribution in [0.4, 0.5) is 5.82 Å². The molecule has 2 rings (SSSR count). The molecule has 0 spiro atoms. The van der Waals surface area contributed by atoms with E-state index in [1.807, 2.05) is 13.2 Å². The molecule has 1 aliphatic rings. The lowest BCUT2D eigenvalue weighted by atomic mass is 10.1. The third kappa shape index (κ3) is 3.21. The minimum atomic E-state index is 0.332. The fourth-order valence-electron chi connectivity index (χ4n) is 2.43. The topological polar surface area (TPSA) is 37.4 Å². The van der Waals surface area contributed by atoms with Crippen LogP contribution in [-0.4, -0.2) is 42.2 Å². The average Bonchev–Trinajstić information content (AvgIpc) is 2.39. The van der Waals surface area contributed by atoms with E-state index in [1.54, 1.807) is 0 Å². The van der Waals surface area contributed by atoms with Crippen LogP contribution in [0.3, 0.4) is 0 Å². The zero-order valence-corrected chi connectivity index (χ0v) is 11.5. The molecule has 4 nitrogen and oxygen atoms in total. The third-order valence-electron chi connectivity index (χ3n) is 3.52. The molecule has 1 fully saturated rings. The minimum Gasteiger partial charge on any atom is -0.376 e. The van der Waals surface area contributed by atoms with E-state index in [0.29, 0.717) is 12.1 Å². The van der Waals surface area contributed by atoms with Crippen molar-refractivity contribution in [2.24, 2.45) is 0 Å². The van der Waals surface area contributed by atoms with Crippen molar-refractivity contribution < 1.29 is 4.74 Å². The Morgan fingerprint density at radius 2 is 2.39 bits per heavy atom. The Bertz CT molecular complexity index is 383. The number of ether oxygens (including phenoxy) is 1. The molecule has 1 aliphatic heterocycles. The van der Waals surface area contributed by atoms with Crippen LogP contribution in [0.5, 0.6) is 0 Å². The van der Waals surface area contributed by atoms with E-state index >= 15 is 0 Å². The number of hydrogen-bond acceptors (Lipinski definition) is 4. The number of nitrogens with one attached hydrogen (secondary N) is 1. The van der Waals surface area contributed by atoms with Crippen molar-refractivity contribution in [2.45, 2.75) is 39.0 Å². The summed E-state index contributed by atoms with van der Waals surface area (Å²) in [5.41, 5.74) is 1.31. The van der Waals surface area contributed by atoms with Gasteiger partial charge in [-0.25, -0.2) is 4.98 Å². The molecule has 2 heterocycles. The third-order valence-corrected chi connectivity index (χ3v) is 3.52. The summed E-state index contributed by atoms with van der Waals surface area (Å²) in [5, 5.41) is 3.08. The molecule has 1 N–H and O–H groups in total. The van der Waals surface area contributed by atoms with Gasteiger partial charge in [-0.15, -0.1) is 0 Å². The molecular weight excluding hydrogens is 226 g/mol. The number of hydrogen-bond donors (Lipinski definition) is 1. The lowest BCUT2D eigenvalue weighted by Crippen LogP contribution is -2.47. The van der Waals surface area contributed by atoms with E-state index in [4.69, 9.17) is 4.74 Å². The van der Waals surface area contributed by atoms with Gasteiger partial charge in [0, 0.05) is 32.4 Å². The Kier molecular flexibility index (Phi) is 4.55. The number of pyridine rings is 1. The van der Waals surface area contributed by atoms with Gasteiger partial charge in [-0.3, -0.25) is 4.90 Å². The number of rotatable bonds is 4. The smallest absolute Gasteiger partial charge is 0.125 e. The van der Waals surface area contributed by atoms with Crippen molar-refractivity contribution in [2.75, 3.05) is 25.5 Å². The first-order valence-electron chi connectivity index (χ1n) is 6.71. The zero-order valence-electron chi connectivity index (χ0n) is 11.5. The van der Waals surface area contributed by atoms with Crippen LogP contribution in [0.1, 0.15) is 25.8 Å². The van der Waals surface area contributed by atoms with Crippen LogP contribution in [-0.2, 0) is 11.3 Å². The predicted octanol–water partition coefficient (Wildman–Crippen LogP) is 2.12. The van der Waals surface area contributed by atoms with Gasteiger partial charge in [0.25, 0.3) is 0 Å². The SMILES string of the molecule is CCC1COC(C)CN1Cc1ccnc(NC)c1. The standard InChI is InChI=1S/C14H23N3O/c1-4-13-10-18-11(2)8-17(13)9-12-5-6-16-14(7-12)15-3/h5-7,11,13H,4,8-10H2,1-3H3,(H,15,16). The zero-order chi connectivity index (χ0) is 13.0. The van der Waals surface area contributed by atoms with E-state index < -0.39 is 0 Å². The van der Waals surface area contributed by atoms with Crippen molar-refractivity contribution >= 4 is 5.82 Å². The van der Waals surface area contributed by atoms with Crippen molar-refractivity contribution in [3.05, 3.63) is 23.9 Å². The molecule has 0 radical (unpaired) electrons. The summed E-state index contributed by atoms with van der Waals surface area (Å²) in [6.45, 7) is 7.20. The molecule has 0 saturated carbocycles. The molecular formula is C14H23N3O. The van der Waals surface area contributed by atoms with Crippen molar-refractivity contribution in [3.8, 4) is 0 Å². The van der Waals surface area contributed by atoms with Gasteiger partial charge in [0.05, 0.1) is 12.7 Å². The lowest BCUT2D eigenvalue weighted by Gasteiger charge is -2.38. The summed E-state index contributed by atoms with van der Waals surface area (Å²) >= 11 is 0. The number of nitrogens with zero attached hydrogens (tertiary/aromatic N) is 2. The van der Waals surface area contributed by atoms with Gasteiger partial charge in [0.2, 0.25) is 0 Å². The maximum absolute atomic E-state index is 5.73. The second-order valence-corrected chi connectivity index (χ2v) is 4.93. The molecule has 1 saturated heterocycles. The molecule has 18 heavy (non-hydrogen) atoms. The molecule has 1 aromatic rings. The van der Waals surface area contributed by atoms with Gasteiger partial charge in [-0.1, -0.05) is 6.92 Å². The first kappa shape index (κ1) is 13.3. The fraction of sp³-hybridized carbons (Fsp3) is 0.643. The van der Waals surface area contributed by atoms with E-state index in [1.165, 1.54) is 5.56 Å². The summed E-state index contributed by atoms with van der Waals surface area (Å²) in [7, 11) is 1.90.